The molecule has 0 fully saturated rings. The quantitative estimate of drug-likeness (QED) is 0.825. The van der Waals surface area contributed by atoms with Crippen molar-refractivity contribution in [2.45, 2.75) is 32.9 Å². The smallest absolute Gasteiger partial charge is 0.123 e. The lowest BCUT2D eigenvalue weighted by molar-refractivity contribution is 0.210. The number of nitrogens with two attached hydrogens (primary N) is 1. The summed E-state index contributed by atoms with van der Waals surface area (Å²) in [6.07, 6.45) is 1.09. The van der Waals surface area contributed by atoms with E-state index in [1.165, 1.54) is 12.1 Å². The van der Waals surface area contributed by atoms with Gasteiger partial charge in [0.2, 0.25) is 0 Å². The highest BCUT2D eigenvalue weighted by Gasteiger charge is 2.14. The van der Waals surface area contributed by atoms with E-state index in [0.717, 1.165) is 18.5 Å². The van der Waals surface area contributed by atoms with E-state index in [9.17, 15) is 4.39 Å². The van der Waals surface area contributed by atoms with Gasteiger partial charge >= 0.3 is 0 Å². The Kier molecular flexibility index (Phi) is 5.59. The van der Waals surface area contributed by atoms with Crippen LogP contribution < -0.4 is 5.73 Å². The van der Waals surface area contributed by atoms with E-state index in [0.29, 0.717) is 18.5 Å². The summed E-state index contributed by atoms with van der Waals surface area (Å²) in [7, 11) is 2.07. The third kappa shape index (κ3) is 4.84. The zero-order valence-electron chi connectivity index (χ0n) is 11.0. The molecule has 1 unspecified atom stereocenters. The molecular formula is C14H23FN2. The van der Waals surface area contributed by atoms with Gasteiger partial charge < -0.3 is 5.73 Å². The Morgan fingerprint density at radius 2 is 1.82 bits per heavy atom. The lowest BCUT2D eigenvalue weighted by Crippen LogP contribution is -2.38. The summed E-state index contributed by atoms with van der Waals surface area (Å²) in [5, 5.41) is 0. The standard InChI is InChI=1S/C14H23FN2/c1-11(2)8-14(9-16)17(3)10-12-4-6-13(15)7-5-12/h4-7,11,14H,8-10,16H2,1-3H3. The van der Waals surface area contributed by atoms with E-state index in [1.807, 2.05) is 12.1 Å². The van der Waals surface area contributed by atoms with Crippen LogP contribution in [0.1, 0.15) is 25.8 Å². The number of benzene rings is 1. The lowest BCUT2D eigenvalue weighted by Gasteiger charge is -2.28. The Hall–Kier alpha value is -0.930. The van der Waals surface area contributed by atoms with Crippen LogP contribution >= 0.6 is 0 Å². The van der Waals surface area contributed by atoms with Gasteiger partial charge in [-0.05, 0) is 37.1 Å². The first-order valence-electron chi connectivity index (χ1n) is 6.17. The van der Waals surface area contributed by atoms with Crippen molar-refractivity contribution in [1.82, 2.24) is 4.90 Å². The Bertz CT molecular complexity index is 321. The van der Waals surface area contributed by atoms with Gasteiger partial charge in [0, 0.05) is 19.1 Å². The van der Waals surface area contributed by atoms with Crippen LogP contribution in [0.2, 0.25) is 0 Å². The zero-order chi connectivity index (χ0) is 12.8. The molecule has 0 saturated heterocycles. The molecule has 0 aromatic heterocycles. The molecule has 0 bridgehead atoms. The van der Waals surface area contributed by atoms with Crippen molar-refractivity contribution in [3.63, 3.8) is 0 Å². The van der Waals surface area contributed by atoms with E-state index in [4.69, 9.17) is 5.73 Å². The molecule has 0 saturated carbocycles. The predicted octanol–water partition coefficient (Wildman–Crippen LogP) is 2.63. The summed E-state index contributed by atoms with van der Waals surface area (Å²) in [6.45, 7) is 5.88. The van der Waals surface area contributed by atoms with Crippen molar-refractivity contribution < 1.29 is 4.39 Å². The summed E-state index contributed by atoms with van der Waals surface area (Å²) in [6, 6.07) is 7.05. The third-order valence-corrected chi connectivity index (χ3v) is 2.98. The molecule has 0 radical (unpaired) electrons. The van der Waals surface area contributed by atoms with E-state index in [-0.39, 0.29) is 5.82 Å². The summed E-state index contributed by atoms with van der Waals surface area (Å²) in [5.74, 6) is 0.452. The van der Waals surface area contributed by atoms with Crippen molar-refractivity contribution in [1.29, 1.82) is 0 Å². The van der Waals surface area contributed by atoms with Crippen molar-refractivity contribution >= 4 is 0 Å². The number of rotatable bonds is 6. The van der Waals surface area contributed by atoms with Crippen molar-refractivity contribution in [3.05, 3.63) is 35.6 Å². The third-order valence-electron chi connectivity index (χ3n) is 2.98. The van der Waals surface area contributed by atoms with E-state index in [1.54, 1.807) is 0 Å². The average Bonchev–Trinajstić information content (AvgIpc) is 2.28. The molecule has 2 N–H and O–H groups in total. The molecule has 17 heavy (non-hydrogen) atoms. The van der Waals surface area contributed by atoms with Crippen LogP contribution in [0.25, 0.3) is 0 Å². The minimum Gasteiger partial charge on any atom is -0.329 e. The largest absolute Gasteiger partial charge is 0.329 e. The number of hydrogen-bond acceptors (Lipinski definition) is 2. The zero-order valence-corrected chi connectivity index (χ0v) is 11.0. The number of nitrogens with zero attached hydrogens (tertiary/aromatic N) is 1. The second kappa shape index (κ2) is 6.72. The highest BCUT2D eigenvalue weighted by atomic mass is 19.1. The fourth-order valence-corrected chi connectivity index (χ4v) is 2.01. The Morgan fingerprint density at radius 3 is 2.29 bits per heavy atom. The maximum absolute atomic E-state index is 12.8. The minimum absolute atomic E-state index is 0.186. The molecule has 2 nitrogen and oxygen atoms in total. The highest BCUT2D eigenvalue weighted by Crippen LogP contribution is 2.13. The number of hydrogen-bond donors (Lipinski definition) is 1. The van der Waals surface area contributed by atoms with E-state index in [2.05, 4.69) is 25.8 Å². The topological polar surface area (TPSA) is 29.3 Å². The van der Waals surface area contributed by atoms with E-state index < -0.39 is 0 Å². The molecule has 0 aliphatic heterocycles. The number of likely N-dealkylation sites (N-methyl/N-ethyl adjacent to an activating group) is 1. The maximum Gasteiger partial charge on any atom is 0.123 e. The molecule has 96 valence electrons. The van der Waals surface area contributed by atoms with Gasteiger partial charge in [-0.25, -0.2) is 4.39 Å². The normalized spacial score (nSPS) is 13.4. The van der Waals surface area contributed by atoms with Crippen molar-refractivity contribution in [2.24, 2.45) is 11.7 Å². The first-order chi connectivity index (χ1) is 8.02. The Balaban J connectivity index is 2.57. The van der Waals surface area contributed by atoms with Crippen LogP contribution in [-0.4, -0.2) is 24.5 Å². The summed E-state index contributed by atoms with van der Waals surface area (Å²) in [4.78, 5) is 2.24. The highest BCUT2D eigenvalue weighted by molar-refractivity contribution is 5.15. The summed E-state index contributed by atoms with van der Waals surface area (Å²) >= 11 is 0. The van der Waals surface area contributed by atoms with Gasteiger partial charge in [-0.1, -0.05) is 26.0 Å². The second-order valence-electron chi connectivity index (χ2n) is 5.06. The first kappa shape index (κ1) is 14.1. The van der Waals surface area contributed by atoms with Gasteiger partial charge in [-0.15, -0.1) is 0 Å². The molecule has 1 rings (SSSR count). The molecule has 0 aliphatic rings. The second-order valence-corrected chi connectivity index (χ2v) is 5.06. The predicted molar refractivity (Wildman–Crippen MR) is 70.2 cm³/mol. The van der Waals surface area contributed by atoms with Gasteiger partial charge in [0.1, 0.15) is 5.82 Å². The van der Waals surface area contributed by atoms with Crippen LogP contribution in [0.5, 0.6) is 0 Å². The van der Waals surface area contributed by atoms with Gasteiger partial charge in [0.15, 0.2) is 0 Å². The number of halogens is 1. The molecule has 0 heterocycles. The molecular weight excluding hydrogens is 215 g/mol. The molecule has 1 aromatic rings. The maximum atomic E-state index is 12.8. The minimum atomic E-state index is -0.186. The molecule has 0 spiro atoms. The van der Waals surface area contributed by atoms with Crippen LogP contribution in [0.3, 0.4) is 0 Å². The van der Waals surface area contributed by atoms with Gasteiger partial charge in [0.25, 0.3) is 0 Å². The SMILES string of the molecule is CC(C)CC(CN)N(C)Cc1ccc(F)cc1. The van der Waals surface area contributed by atoms with Gasteiger partial charge in [-0.3, -0.25) is 4.90 Å². The van der Waals surface area contributed by atoms with Crippen molar-refractivity contribution in [3.8, 4) is 0 Å². The summed E-state index contributed by atoms with van der Waals surface area (Å²) < 4.78 is 12.8. The molecule has 1 aromatic carbocycles. The molecule has 1 atom stereocenters. The van der Waals surface area contributed by atoms with Crippen molar-refractivity contribution in [2.75, 3.05) is 13.6 Å². The lowest BCUT2D eigenvalue weighted by atomic mass is 10.0. The van der Waals surface area contributed by atoms with Crippen LogP contribution in [0, 0.1) is 11.7 Å². The summed E-state index contributed by atoms with van der Waals surface area (Å²) in [5.41, 5.74) is 6.92. The Labute approximate surface area is 104 Å². The van der Waals surface area contributed by atoms with Crippen LogP contribution in [-0.2, 0) is 6.54 Å². The fraction of sp³-hybridized carbons (Fsp3) is 0.571. The van der Waals surface area contributed by atoms with Crippen LogP contribution in [0.15, 0.2) is 24.3 Å². The molecule has 3 heteroatoms. The van der Waals surface area contributed by atoms with E-state index >= 15 is 0 Å². The first-order valence-corrected chi connectivity index (χ1v) is 6.17. The Morgan fingerprint density at radius 1 is 1.24 bits per heavy atom. The van der Waals surface area contributed by atoms with Crippen LogP contribution in [0.4, 0.5) is 4.39 Å². The fourth-order valence-electron chi connectivity index (χ4n) is 2.01. The monoisotopic (exact) mass is 238 g/mol. The van der Waals surface area contributed by atoms with Gasteiger partial charge in [-0.2, -0.15) is 0 Å². The average molecular weight is 238 g/mol. The molecule has 0 aliphatic carbocycles. The van der Waals surface area contributed by atoms with Gasteiger partial charge in [0.05, 0.1) is 0 Å². The molecule has 0 amide bonds.